The van der Waals surface area contributed by atoms with Gasteiger partial charge in [0.2, 0.25) is 23.6 Å². The van der Waals surface area contributed by atoms with Crippen LogP contribution in [0.25, 0.3) is 0 Å². The van der Waals surface area contributed by atoms with Gasteiger partial charge in [-0.05, 0) is 101 Å². The Morgan fingerprint density at radius 1 is 0.862 bits per heavy atom. The summed E-state index contributed by atoms with van der Waals surface area (Å²) in [7, 11) is 6.94. The van der Waals surface area contributed by atoms with Gasteiger partial charge < -0.3 is 30.5 Å². The maximum Gasteiger partial charge on any atom is 0.269 e. The van der Waals surface area contributed by atoms with Crippen LogP contribution in [0.1, 0.15) is 118 Å². The number of unbranched alkanes of at least 4 members (excludes halogenated alkanes) is 3. The first-order valence-corrected chi connectivity index (χ1v) is 24.3. The first-order chi connectivity index (χ1) is 30.9. The molecule has 2 aliphatic rings. The SMILES string of the molecule is CC[C@H](C)[C@@H]([C@@H](CC(=O)N1CCC[C@H]1[C@H](OC)[C@@H](C)C(=O)N[C@@H](Cc1ccc(O)cc1)C(=O)N1CCCCO1)OC)N(C)[C@H](C(=O)NC(=O)[C@H](C(C)C)N(C)CCCCCCN)C(C)C. The number of nitrogens with zero attached hydrogens (tertiary/aromatic N) is 4. The Morgan fingerprint density at radius 2 is 1.51 bits per heavy atom. The van der Waals surface area contributed by atoms with Gasteiger partial charge in [-0.1, -0.05) is 79.9 Å². The molecule has 16 heteroatoms. The Labute approximate surface area is 389 Å². The van der Waals surface area contributed by atoms with Crippen molar-refractivity contribution >= 4 is 29.5 Å². The molecule has 5 N–H and O–H groups in total. The fraction of sp³-hybridized carbons (Fsp3) is 0.776. The van der Waals surface area contributed by atoms with E-state index in [1.54, 1.807) is 43.2 Å². The topological polar surface area (TPSA) is 196 Å². The number of hydroxylamine groups is 2. The summed E-state index contributed by atoms with van der Waals surface area (Å²) in [5.74, 6) is -2.42. The number of likely N-dealkylation sites (tertiary alicyclic amines) is 1. The molecule has 3 rings (SSSR count). The molecule has 0 spiro atoms. The molecular weight excluding hydrogens is 831 g/mol. The Balaban J connectivity index is 1.79. The van der Waals surface area contributed by atoms with Gasteiger partial charge in [-0.2, -0.15) is 0 Å². The monoisotopic (exact) mass is 916 g/mol. The molecule has 0 saturated carbocycles. The minimum Gasteiger partial charge on any atom is -0.508 e. The van der Waals surface area contributed by atoms with Gasteiger partial charge in [-0.3, -0.25) is 43.9 Å². The van der Waals surface area contributed by atoms with Gasteiger partial charge in [0.05, 0.1) is 49.3 Å². The van der Waals surface area contributed by atoms with Crippen LogP contribution in [-0.2, 0) is 44.7 Å². The van der Waals surface area contributed by atoms with Crippen molar-refractivity contribution in [3.8, 4) is 5.75 Å². The molecule has 2 aliphatic heterocycles. The predicted octanol–water partition coefficient (Wildman–Crippen LogP) is 4.51. The average molecular weight is 916 g/mol. The van der Waals surface area contributed by atoms with E-state index in [0.29, 0.717) is 32.7 Å². The Bertz CT molecular complexity index is 1620. The lowest BCUT2D eigenvalue weighted by molar-refractivity contribution is -0.199. The fourth-order valence-electron chi connectivity index (χ4n) is 9.93. The van der Waals surface area contributed by atoms with Crippen LogP contribution in [0.4, 0.5) is 0 Å². The summed E-state index contributed by atoms with van der Waals surface area (Å²) in [5, 5.41) is 16.9. The zero-order chi connectivity index (χ0) is 48.4. The molecule has 65 heavy (non-hydrogen) atoms. The van der Waals surface area contributed by atoms with Crippen molar-refractivity contribution < 1.29 is 43.4 Å². The number of phenolic OH excluding ortho intramolecular Hbond substituents is 1. The number of ether oxygens (including phenoxy) is 2. The highest BCUT2D eigenvalue weighted by atomic mass is 16.7. The van der Waals surface area contributed by atoms with Crippen LogP contribution in [-0.4, -0.2) is 158 Å². The third kappa shape index (κ3) is 16.0. The first-order valence-electron chi connectivity index (χ1n) is 24.3. The zero-order valence-electron chi connectivity index (χ0n) is 41.6. The first kappa shape index (κ1) is 55.7. The number of aromatic hydroxyl groups is 1. The van der Waals surface area contributed by atoms with Crippen LogP contribution in [0.5, 0.6) is 5.75 Å². The number of carbonyl (C=O) groups excluding carboxylic acids is 5. The molecule has 2 heterocycles. The van der Waals surface area contributed by atoms with Crippen molar-refractivity contribution in [3.63, 3.8) is 0 Å². The maximum absolute atomic E-state index is 14.5. The van der Waals surface area contributed by atoms with E-state index in [9.17, 15) is 29.1 Å². The molecular formula is C49H85N7O9. The molecule has 2 fully saturated rings. The Morgan fingerprint density at radius 3 is 2.08 bits per heavy atom. The second-order valence-electron chi connectivity index (χ2n) is 19.1. The number of benzene rings is 1. The quantitative estimate of drug-likeness (QED) is 0.0904. The summed E-state index contributed by atoms with van der Waals surface area (Å²) in [5.41, 5.74) is 6.42. The van der Waals surface area contributed by atoms with E-state index in [0.717, 1.165) is 63.5 Å². The van der Waals surface area contributed by atoms with E-state index in [2.05, 4.69) is 24.5 Å². The summed E-state index contributed by atoms with van der Waals surface area (Å²) in [6.45, 7) is 16.5. The summed E-state index contributed by atoms with van der Waals surface area (Å²) in [6.07, 6.45) is 6.65. The smallest absolute Gasteiger partial charge is 0.269 e. The third-order valence-corrected chi connectivity index (χ3v) is 13.6. The van der Waals surface area contributed by atoms with Crippen molar-refractivity contribution in [1.29, 1.82) is 0 Å². The minimum atomic E-state index is -0.933. The second-order valence-corrected chi connectivity index (χ2v) is 19.1. The van der Waals surface area contributed by atoms with Gasteiger partial charge in [-0.25, -0.2) is 5.06 Å². The number of nitrogens with one attached hydrogen (secondary N) is 2. The van der Waals surface area contributed by atoms with E-state index >= 15 is 0 Å². The van der Waals surface area contributed by atoms with Gasteiger partial charge in [0, 0.05) is 39.8 Å². The molecule has 2 saturated heterocycles. The number of hydrogen-bond donors (Lipinski definition) is 4. The molecule has 0 radical (unpaired) electrons. The fourth-order valence-corrected chi connectivity index (χ4v) is 9.93. The zero-order valence-corrected chi connectivity index (χ0v) is 41.6. The molecule has 1 aromatic carbocycles. The molecule has 1 aromatic rings. The van der Waals surface area contributed by atoms with E-state index in [-0.39, 0.29) is 71.9 Å². The number of methoxy groups -OCH3 is 2. The van der Waals surface area contributed by atoms with E-state index in [1.807, 2.05) is 51.6 Å². The van der Waals surface area contributed by atoms with Crippen LogP contribution in [0.3, 0.4) is 0 Å². The van der Waals surface area contributed by atoms with Crippen LogP contribution in [0.2, 0.25) is 0 Å². The maximum atomic E-state index is 14.5. The van der Waals surface area contributed by atoms with E-state index < -0.39 is 42.3 Å². The Hall–Kier alpha value is -3.67. The van der Waals surface area contributed by atoms with E-state index in [4.69, 9.17) is 20.0 Å². The van der Waals surface area contributed by atoms with Crippen LogP contribution in [0, 0.1) is 23.7 Å². The van der Waals surface area contributed by atoms with Gasteiger partial charge in [-0.15, -0.1) is 0 Å². The Kier molecular flexibility index (Phi) is 23.8. The van der Waals surface area contributed by atoms with Crippen LogP contribution in [0.15, 0.2) is 24.3 Å². The molecule has 16 nitrogen and oxygen atoms in total. The summed E-state index contributed by atoms with van der Waals surface area (Å²) in [4.78, 5) is 81.9. The number of imide groups is 1. The number of phenols is 1. The van der Waals surface area contributed by atoms with Gasteiger partial charge in [0.1, 0.15) is 11.8 Å². The standard InChI is InChI=1S/C49H85N7O9/c1-12-34(6)44(54(9)43(33(4)5)48(61)52-47(60)42(32(2)3)53(8)26-16-14-13-15-25-50)40(63-10)31-41(58)55-27-19-20-39(55)45(64-11)35(7)46(59)51-38(30-36-21-23-37(57)24-22-36)49(62)56-28-17-18-29-65-56/h21-24,32-35,38-40,42-45,57H,12-20,25-31,50H2,1-11H3,(H,51,59)(H,52,60,61)/t34-,35+,38-,39-,40+,42-,43-,44-,45+/m0/s1. The molecule has 0 aromatic heterocycles. The number of rotatable bonds is 27. The van der Waals surface area contributed by atoms with Crippen molar-refractivity contribution in [3.05, 3.63) is 29.8 Å². The van der Waals surface area contributed by atoms with Gasteiger partial charge in [0.15, 0.2) is 0 Å². The highest BCUT2D eigenvalue weighted by Gasteiger charge is 2.44. The van der Waals surface area contributed by atoms with Crippen molar-refractivity contribution in [2.45, 2.75) is 162 Å². The summed E-state index contributed by atoms with van der Waals surface area (Å²) < 4.78 is 12.2. The molecule has 0 bridgehead atoms. The molecule has 9 atom stereocenters. The average Bonchev–Trinajstić information content (AvgIpc) is 3.76. The number of nitrogens with two attached hydrogens (primary N) is 1. The lowest BCUT2D eigenvalue weighted by atomic mass is 9.87. The molecule has 370 valence electrons. The predicted molar refractivity (Wildman–Crippen MR) is 252 cm³/mol. The number of amides is 5. The van der Waals surface area contributed by atoms with E-state index in [1.165, 1.54) is 12.2 Å². The lowest BCUT2D eigenvalue weighted by Gasteiger charge is -2.43. The molecule has 0 aliphatic carbocycles. The molecule has 5 amide bonds. The van der Waals surface area contributed by atoms with Crippen molar-refractivity contribution in [1.82, 2.24) is 30.4 Å². The number of likely N-dealkylation sites (N-methyl/N-ethyl adjacent to an activating group) is 2. The second kappa shape index (κ2) is 27.8. The summed E-state index contributed by atoms with van der Waals surface area (Å²) in [6, 6.07) is 3.63. The number of carbonyl (C=O) groups is 5. The lowest BCUT2D eigenvalue weighted by Crippen LogP contribution is -2.60. The van der Waals surface area contributed by atoms with Gasteiger partial charge >= 0.3 is 0 Å². The largest absolute Gasteiger partial charge is 0.508 e. The number of hydrogen-bond acceptors (Lipinski definition) is 12. The van der Waals surface area contributed by atoms with Crippen LogP contribution >= 0.6 is 0 Å². The van der Waals surface area contributed by atoms with Gasteiger partial charge in [0.25, 0.3) is 5.91 Å². The highest BCUT2D eigenvalue weighted by Crippen LogP contribution is 2.31. The normalized spacial score (nSPS) is 19.5. The minimum absolute atomic E-state index is 0.00806. The van der Waals surface area contributed by atoms with Crippen LogP contribution < -0.4 is 16.4 Å². The van der Waals surface area contributed by atoms with Crippen molar-refractivity contribution in [2.75, 3.05) is 61.1 Å². The van der Waals surface area contributed by atoms with Crippen molar-refractivity contribution in [2.24, 2.45) is 29.4 Å². The summed E-state index contributed by atoms with van der Waals surface area (Å²) >= 11 is 0. The molecule has 0 unspecified atom stereocenters. The third-order valence-electron chi connectivity index (χ3n) is 13.6. The highest BCUT2D eigenvalue weighted by molar-refractivity contribution is 6.00.